The van der Waals surface area contributed by atoms with Crippen LogP contribution in [0.2, 0.25) is 5.02 Å². The van der Waals surface area contributed by atoms with E-state index in [4.69, 9.17) is 30.5 Å². The molecule has 184 valence electrons. The highest BCUT2D eigenvalue weighted by atomic mass is 35.5. The van der Waals surface area contributed by atoms with Crippen LogP contribution in [-0.4, -0.2) is 44.2 Å². The SMILES string of the molecule is CCOc1ccc(N=NC(C(C)=O)C(=O)Nc2c(OCC)cc(Cl)cc2OCC)cc1OCC. The molecule has 9 nitrogen and oxygen atoms in total. The van der Waals surface area contributed by atoms with E-state index in [1.54, 1.807) is 44.2 Å². The van der Waals surface area contributed by atoms with E-state index in [0.717, 1.165) is 0 Å². The molecular formula is C24H30ClN3O6. The molecule has 0 fully saturated rings. The van der Waals surface area contributed by atoms with Gasteiger partial charge in [0.1, 0.15) is 17.2 Å². The van der Waals surface area contributed by atoms with Gasteiger partial charge in [-0.2, -0.15) is 10.2 Å². The van der Waals surface area contributed by atoms with Gasteiger partial charge in [-0.15, -0.1) is 0 Å². The van der Waals surface area contributed by atoms with E-state index in [1.807, 2.05) is 13.8 Å². The zero-order valence-corrected chi connectivity index (χ0v) is 20.8. The van der Waals surface area contributed by atoms with Crippen LogP contribution in [0.15, 0.2) is 40.6 Å². The maximum Gasteiger partial charge on any atom is 0.259 e. The Balaban J connectivity index is 2.33. The first-order valence-electron chi connectivity index (χ1n) is 11.0. The summed E-state index contributed by atoms with van der Waals surface area (Å²) >= 11 is 6.15. The van der Waals surface area contributed by atoms with Crippen molar-refractivity contribution in [1.82, 2.24) is 0 Å². The first-order valence-corrected chi connectivity index (χ1v) is 11.4. The van der Waals surface area contributed by atoms with Crippen LogP contribution in [0.4, 0.5) is 11.4 Å². The molecule has 0 radical (unpaired) electrons. The Morgan fingerprint density at radius 3 is 1.91 bits per heavy atom. The number of ether oxygens (including phenoxy) is 4. The minimum absolute atomic E-state index is 0.263. The standard InChI is InChI=1S/C24H30ClN3O6/c1-6-31-18-11-10-17(14-19(18)32-7-2)27-28-22(15(5)29)24(30)26-23-20(33-8-3)12-16(25)13-21(23)34-9-4/h10-14,22H,6-9H2,1-5H3,(H,26,30). The van der Waals surface area contributed by atoms with Crippen molar-refractivity contribution in [2.24, 2.45) is 10.2 Å². The fourth-order valence-electron chi connectivity index (χ4n) is 2.96. The van der Waals surface area contributed by atoms with Crippen LogP contribution < -0.4 is 24.3 Å². The van der Waals surface area contributed by atoms with Crippen LogP contribution in [0, 0.1) is 0 Å². The normalized spacial score (nSPS) is 11.7. The van der Waals surface area contributed by atoms with Crippen molar-refractivity contribution in [3.63, 3.8) is 0 Å². The Kier molecular flexibility index (Phi) is 10.6. The summed E-state index contributed by atoms with van der Waals surface area (Å²) in [5.41, 5.74) is 0.668. The summed E-state index contributed by atoms with van der Waals surface area (Å²) in [6, 6.07) is 6.72. The van der Waals surface area contributed by atoms with Crippen LogP contribution in [-0.2, 0) is 9.59 Å². The number of carbonyl (C=O) groups excluding carboxylic acids is 2. The highest BCUT2D eigenvalue weighted by Gasteiger charge is 2.26. The average molecular weight is 492 g/mol. The molecule has 1 unspecified atom stereocenters. The number of anilines is 1. The lowest BCUT2D eigenvalue weighted by Crippen LogP contribution is -2.32. The van der Waals surface area contributed by atoms with Crippen LogP contribution in [0.25, 0.3) is 0 Å². The van der Waals surface area contributed by atoms with Crippen LogP contribution >= 0.6 is 11.6 Å². The second kappa shape index (κ2) is 13.4. The van der Waals surface area contributed by atoms with Gasteiger partial charge in [0, 0.05) is 23.2 Å². The number of benzene rings is 2. The Bertz CT molecular complexity index is 1000. The lowest BCUT2D eigenvalue weighted by Gasteiger charge is -2.17. The van der Waals surface area contributed by atoms with Crippen molar-refractivity contribution in [1.29, 1.82) is 0 Å². The summed E-state index contributed by atoms with van der Waals surface area (Å²) in [6.45, 7) is 10.2. The molecule has 0 spiro atoms. The number of amides is 1. The number of hydrogen-bond acceptors (Lipinski definition) is 8. The molecule has 1 N–H and O–H groups in total. The molecule has 2 aromatic rings. The molecule has 1 atom stereocenters. The molecule has 0 aliphatic rings. The molecule has 2 aromatic carbocycles. The maximum atomic E-state index is 13.0. The van der Waals surface area contributed by atoms with Gasteiger partial charge in [-0.1, -0.05) is 11.6 Å². The largest absolute Gasteiger partial charge is 0.491 e. The van der Waals surface area contributed by atoms with Crippen LogP contribution in [0.1, 0.15) is 34.6 Å². The zero-order chi connectivity index (χ0) is 25.1. The summed E-state index contributed by atoms with van der Waals surface area (Å²) in [5, 5.41) is 11.2. The Morgan fingerprint density at radius 2 is 1.38 bits per heavy atom. The molecule has 0 saturated heterocycles. The van der Waals surface area contributed by atoms with Gasteiger partial charge < -0.3 is 24.3 Å². The third-order valence-electron chi connectivity index (χ3n) is 4.33. The first-order chi connectivity index (χ1) is 16.3. The average Bonchev–Trinajstić information content (AvgIpc) is 2.78. The lowest BCUT2D eigenvalue weighted by molar-refractivity contribution is -0.126. The van der Waals surface area contributed by atoms with Crippen LogP contribution in [0.5, 0.6) is 23.0 Å². The van der Waals surface area contributed by atoms with Gasteiger partial charge in [-0.05, 0) is 46.8 Å². The van der Waals surface area contributed by atoms with Gasteiger partial charge in [-0.25, -0.2) is 0 Å². The zero-order valence-electron chi connectivity index (χ0n) is 20.0. The van der Waals surface area contributed by atoms with E-state index in [2.05, 4.69) is 15.5 Å². The number of ketones is 1. The smallest absolute Gasteiger partial charge is 0.259 e. The van der Waals surface area contributed by atoms with Crippen molar-refractivity contribution in [2.45, 2.75) is 40.7 Å². The fraction of sp³-hybridized carbons (Fsp3) is 0.417. The lowest BCUT2D eigenvalue weighted by atomic mass is 10.2. The molecule has 2 rings (SSSR count). The number of Topliss-reactive ketones (excluding diaryl/α,β-unsaturated/α-hetero) is 1. The van der Waals surface area contributed by atoms with Gasteiger partial charge in [-0.3, -0.25) is 9.59 Å². The van der Waals surface area contributed by atoms with Crippen molar-refractivity contribution in [3.8, 4) is 23.0 Å². The second-order valence-electron chi connectivity index (χ2n) is 6.86. The van der Waals surface area contributed by atoms with Crippen molar-refractivity contribution in [2.75, 3.05) is 31.7 Å². The van der Waals surface area contributed by atoms with E-state index in [9.17, 15) is 9.59 Å². The molecule has 10 heteroatoms. The van der Waals surface area contributed by atoms with E-state index < -0.39 is 17.7 Å². The molecule has 0 aromatic heterocycles. The number of halogens is 1. The molecule has 0 aliphatic carbocycles. The molecule has 0 aliphatic heterocycles. The first kappa shape index (κ1) is 26.9. The third kappa shape index (κ3) is 7.34. The fourth-order valence-corrected chi connectivity index (χ4v) is 3.15. The van der Waals surface area contributed by atoms with E-state index in [1.165, 1.54) is 6.92 Å². The van der Waals surface area contributed by atoms with Crippen LogP contribution in [0.3, 0.4) is 0 Å². The van der Waals surface area contributed by atoms with Gasteiger partial charge in [0.2, 0.25) is 6.04 Å². The summed E-state index contributed by atoms with van der Waals surface area (Å²) in [7, 11) is 0. The van der Waals surface area contributed by atoms with Crippen molar-refractivity contribution >= 4 is 34.7 Å². The Morgan fingerprint density at radius 1 is 0.853 bits per heavy atom. The molecule has 0 heterocycles. The summed E-state index contributed by atoms with van der Waals surface area (Å²) in [5.74, 6) is 0.531. The van der Waals surface area contributed by atoms with E-state index in [-0.39, 0.29) is 5.69 Å². The maximum absolute atomic E-state index is 13.0. The number of hydrogen-bond donors (Lipinski definition) is 1. The molecule has 34 heavy (non-hydrogen) atoms. The monoisotopic (exact) mass is 491 g/mol. The predicted octanol–water partition coefficient (Wildman–Crippen LogP) is 5.61. The minimum Gasteiger partial charge on any atom is -0.491 e. The predicted molar refractivity (Wildman–Crippen MR) is 130 cm³/mol. The van der Waals surface area contributed by atoms with Crippen molar-refractivity contribution in [3.05, 3.63) is 35.4 Å². The third-order valence-corrected chi connectivity index (χ3v) is 4.55. The number of azo groups is 1. The molecule has 1 amide bonds. The highest BCUT2D eigenvalue weighted by Crippen LogP contribution is 2.38. The quantitative estimate of drug-likeness (QED) is 0.288. The highest BCUT2D eigenvalue weighted by molar-refractivity contribution is 6.31. The molecule has 0 bridgehead atoms. The van der Waals surface area contributed by atoms with Gasteiger partial charge in [0.25, 0.3) is 5.91 Å². The number of rotatable bonds is 13. The topological polar surface area (TPSA) is 108 Å². The number of nitrogens with zero attached hydrogens (tertiary/aromatic N) is 2. The summed E-state index contributed by atoms with van der Waals surface area (Å²) in [6.07, 6.45) is 0. The number of carbonyl (C=O) groups is 2. The van der Waals surface area contributed by atoms with Gasteiger partial charge in [0.15, 0.2) is 17.3 Å². The molecule has 0 saturated carbocycles. The van der Waals surface area contributed by atoms with Gasteiger partial charge >= 0.3 is 0 Å². The summed E-state index contributed by atoms with van der Waals surface area (Å²) < 4.78 is 22.3. The minimum atomic E-state index is -1.39. The Hall–Kier alpha value is -3.33. The Labute approximate surface area is 204 Å². The molecular weight excluding hydrogens is 462 g/mol. The second-order valence-corrected chi connectivity index (χ2v) is 7.29. The van der Waals surface area contributed by atoms with E-state index >= 15 is 0 Å². The van der Waals surface area contributed by atoms with E-state index in [0.29, 0.717) is 60.1 Å². The number of nitrogens with one attached hydrogen (secondary N) is 1. The van der Waals surface area contributed by atoms with Crippen molar-refractivity contribution < 1.29 is 28.5 Å². The summed E-state index contributed by atoms with van der Waals surface area (Å²) in [4.78, 5) is 25.2. The van der Waals surface area contributed by atoms with Gasteiger partial charge in [0.05, 0.1) is 32.1 Å².